The van der Waals surface area contributed by atoms with E-state index in [0.29, 0.717) is 15.6 Å². The van der Waals surface area contributed by atoms with Crippen molar-refractivity contribution in [3.63, 3.8) is 0 Å². The molecule has 0 aliphatic carbocycles. The lowest BCUT2D eigenvalue weighted by Gasteiger charge is -2.11. The number of aryl methyl sites for hydroxylation is 2. The number of thiocarbonyl (C=S) groups is 1. The summed E-state index contributed by atoms with van der Waals surface area (Å²) >= 11 is 11.1. The summed E-state index contributed by atoms with van der Waals surface area (Å²) in [7, 11) is 0. The summed E-state index contributed by atoms with van der Waals surface area (Å²) in [6, 6.07) is 9.45. The molecule has 1 aromatic carbocycles. The average molecular weight is 292 g/mol. The first-order chi connectivity index (χ1) is 8.97. The van der Waals surface area contributed by atoms with E-state index in [1.165, 1.54) is 0 Å². The van der Waals surface area contributed by atoms with Gasteiger partial charge in [0.2, 0.25) is 0 Å². The molecule has 98 valence electrons. The van der Waals surface area contributed by atoms with Gasteiger partial charge in [0.15, 0.2) is 0 Å². The van der Waals surface area contributed by atoms with Gasteiger partial charge in [-0.25, -0.2) is 0 Å². The first-order valence-corrected chi connectivity index (χ1v) is 6.56. The van der Waals surface area contributed by atoms with Gasteiger partial charge in [0.1, 0.15) is 4.99 Å². The number of nitrogens with one attached hydrogen (secondary N) is 1. The van der Waals surface area contributed by atoms with Gasteiger partial charge in [0.25, 0.3) is 0 Å². The third-order valence-corrected chi connectivity index (χ3v) is 3.27. The normalized spacial score (nSPS) is 10.3. The Morgan fingerprint density at radius 3 is 2.58 bits per heavy atom. The largest absolute Gasteiger partial charge is 0.389 e. The lowest BCUT2D eigenvalue weighted by atomic mass is 10.2. The summed E-state index contributed by atoms with van der Waals surface area (Å²) in [6.45, 7) is 3.92. The van der Waals surface area contributed by atoms with Gasteiger partial charge in [-0.05, 0) is 44.2 Å². The predicted molar refractivity (Wildman–Crippen MR) is 84.3 cm³/mol. The van der Waals surface area contributed by atoms with E-state index >= 15 is 0 Å². The van der Waals surface area contributed by atoms with E-state index in [9.17, 15) is 0 Å². The molecule has 0 atom stereocenters. The lowest BCUT2D eigenvalue weighted by molar-refractivity contribution is 1.12. The minimum absolute atomic E-state index is 0.296. The average Bonchev–Trinajstić information content (AvgIpc) is 2.32. The number of hydrogen-bond acceptors (Lipinski definition) is 3. The van der Waals surface area contributed by atoms with Crippen molar-refractivity contribution in [3.05, 3.63) is 52.3 Å². The maximum absolute atomic E-state index is 6.13. The van der Waals surface area contributed by atoms with E-state index in [1.807, 2.05) is 38.1 Å². The molecule has 0 spiro atoms. The minimum Gasteiger partial charge on any atom is -0.389 e. The third-order valence-electron chi connectivity index (χ3n) is 2.74. The van der Waals surface area contributed by atoms with E-state index in [-0.39, 0.29) is 0 Å². The van der Waals surface area contributed by atoms with Gasteiger partial charge in [-0.1, -0.05) is 23.8 Å². The SMILES string of the molecule is Cc1ccc(Nc2ccc(C(N)=S)c(Cl)c2)c(C)n1. The van der Waals surface area contributed by atoms with E-state index < -0.39 is 0 Å². The zero-order valence-electron chi connectivity index (χ0n) is 10.7. The molecule has 0 fully saturated rings. The van der Waals surface area contributed by atoms with Crippen molar-refractivity contribution in [2.45, 2.75) is 13.8 Å². The smallest absolute Gasteiger partial charge is 0.105 e. The molecule has 3 nitrogen and oxygen atoms in total. The second-order valence-electron chi connectivity index (χ2n) is 4.27. The number of rotatable bonds is 3. The van der Waals surface area contributed by atoms with E-state index in [4.69, 9.17) is 29.6 Å². The van der Waals surface area contributed by atoms with Crippen LogP contribution >= 0.6 is 23.8 Å². The Balaban J connectivity index is 2.29. The lowest BCUT2D eigenvalue weighted by Crippen LogP contribution is -2.10. The van der Waals surface area contributed by atoms with Crippen molar-refractivity contribution in [2.75, 3.05) is 5.32 Å². The minimum atomic E-state index is 0.296. The molecule has 2 rings (SSSR count). The highest BCUT2D eigenvalue weighted by molar-refractivity contribution is 7.80. The van der Waals surface area contributed by atoms with Crippen molar-refractivity contribution in [3.8, 4) is 0 Å². The molecule has 1 aromatic heterocycles. The van der Waals surface area contributed by atoms with E-state index in [0.717, 1.165) is 22.8 Å². The highest BCUT2D eigenvalue weighted by Gasteiger charge is 2.06. The van der Waals surface area contributed by atoms with Crippen molar-refractivity contribution in [2.24, 2.45) is 5.73 Å². The van der Waals surface area contributed by atoms with Gasteiger partial charge < -0.3 is 11.1 Å². The fourth-order valence-electron chi connectivity index (χ4n) is 1.77. The van der Waals surface area contributed by atoms with Gasteiger partial charge in [0.05, 0.1) is 16.4 Å². The van der Waals surface area contributed by atoms with Crippen molar-refractivity contribution >= 4 is 40.2 Å². The monoisotopic (exact) mass is 291 g/mol. The Bertz CT molecular complexity index is 641. The Kier molecular flexibility index (Phi) is 4.02. The standard InChI is InChI=1S/C14H14ClN3S/c1-8-3-6-13(9(2)17-8)18-10-4-5-11(14(16)19)12(15)7-10/h3-7,18H,1-2H3,(H2,16,19). The van der Waals surface area contributed by atoms with Crippen LogP contribution in [0.15, 0.2) is 30.3 Å². The molecule has 2 aromatic rings. The summed E-state index contributed by atoms with van der Waals surface area (Å²) in [6.07, 6.45) is 0. The van der Waals surface area contributed by atoms with Gasteiger partial charge in [-0.15, -0.1) is 0 Å². The van der Waals surface area contributed by atoms with Crippen LogP contribution in [0.5, 0.6) is 0 Å². The van der Waals surface area contributed by atoms with Gasteiger partial charge in [-0.3, -0.25) is 4.98 Å². The first-order valence-electron chi connectivity index (χ1n) is 5.78. The van der Waals surface area contributed by atoms with Crippen LogP contribution in [0.1, 0.15) is 17.0 Å². The predicted octanol–water partition coefficient (Wildman–Crippen LogP) is 3.73. The van der Waals surface area contributed by atoms with Crippen LogP contribution < -0.4 is 11.1 Å². The Labute approximate surface area is 122 Å². The fraction of sp³-hybridized carbons (Fsp3) is 0.143. The zero-order chi connectivity index (χ0) is 14.0. The number of hydrogen-bond donors (Lipinski definition) is 2. The molecule has 1 heterocycles. The summed E-state index contributed by atoms with van der Waals surface area (Å²) in [4.78, 5) is 4.70. The van der Waals surface area contributed by atoms with E-state index in [1.54, 1.807) is 6.07 Å². The van der Waals surface area contributed by atoms with E-state index in [2.05, 4.69) is 10.3 Å². The number of nitrogens with zero attached hydrogens (tertiary/aromatic N) is 1. The molecule has 0 aliphatic rings. The molecule has 0 saturated carbocycles. The second-order valence-corrected chi connectivity index (χ2v) is 5.12. The molecular formula is C14H14ClN3S. The highest BCUT2D eigenvalue weighted by Crippen LogP contribution is 2.25. The summed E-state index contributed by atoms with van der Waals surface area (Å²) < 4.78 is 0. The number of nitrogens with two attached hydrogens (primary N) is 1. The maximum atomic E-state index is 6.13. The maximum Gasteiger partial charge on any atom is 0.105 e. The van der Waals surface area contributed by atoms with Crippen molar-refractivity contribution in [1.82, 2.24) is 4.98 Å². The fourth-order valence-corrected chi connectivity index (χ4v) is 2.28. The van der Waals surface area contributed by atoms with Crippen LogP contribution in [-0.4, -0.2) is 9.97 Å². The number of pyridine rings is 1. The van der Waals surface area contributed by atoms with Crippen LogP contribution in [-0.2, 0) is 0 Å². The molecule has 5 heteroatoms. The third kappa shape index (κ3) is 3.22. The molecule has 0 unspecified atom stereocenters. The molecule has 0 bridgehead atoms. The zero-order valence-corrected chi connectivity index (χ0v) is 12.3. The molecular weight excluding hydrogens is 278 g/mol. The molecule has 3 N–H and O–H groups in total. The Morgan fingerprint density at radius 1 is 1.26 bits per heavy atom. The summed E-state index contributed by atoms with van der Waals surface area (Å²) in [5, 5.41) is 3.81. The van der Waals surface area contributed by atoms with Crippen LogP contribution in [0.4, 0.5) is 11.4 Å². The van der Waals surface area contributed by atoms with Crippen molar-refractivity contribution in [1.29, 1.82) is 0 Å². The van der Waals surface area contributed by atoms with Crippen LogP contribution in [0.2, 0.25) is 5.02 Å². The molecule has 0 radical (unpaired) electrons. The van der Waals surface area contributed by atoms with Crippen molar-refractivity contribution < 1.29 is 0 Å². The second kappa shape index (κ2) is 5.55. The van der Waals surface area contributed by atoms with Gasteiger partial charge in [-0.2, -0.15) is 0 Å². The Morgan fingerprint density at radius 2 is 2.00 bits per heavy atom. The Hall–Kier alpha value is -1.65. The molecule has 0 aliphatic heterocycles. The topological polar surface area (TPSA) is 50.9 Å². The first kappa shape index (κ1) is 13.8. The van der Waals surface area contributed by atoms with Gasteiger partial charge >= 0.3 is 0 Å². The number of aromatic nitrogens is 1. The molecule has 0 saturated heterocycles. The number of benzene rings is 1. The number of halogens is 1. The van der Waals surface area contributed by atoms with Crippen LogP contribution in [0.25, 0.3) is 0 Å². The summed E-state index contributed by atoms with van der Waals surface area (Å²) in [5.74, 6) is 0. The van der Waals surface area contributed by atoms with Gasteiger partial charge in [0, 0.05) is 16.9 Å². The molecule has 0 amide bonds. The van der Waals surface area contributed by atoms with Crippen LogP contribution in [0.3, 0.4) is 0 Å². The quantitative estimate of drug-likeness (QED) is 0.846. The van der Waals surface area contributed by atoms with Crippen LogP contribution in [0, 0.1) is 13.8 Å². The molecule has 19 heavy (non-hydrogen) atoms. The number of anilines is 2. The highest BCUT2D eigenvalue weighted by atomic mass is 35.5. The summed E-state index contributed by atoms with van der Waals surface area (Å²) in [5.41, 5.74) is 10.0.